The van der Waals surface area contributed by atoms with E-state index in [0.29, 0.717) is 11.8 Å². The maximum Gasteiger partial charge on any atom is 0.225 e. The molecule has 0 N–H and O–H groups in total. The molecule has 3 fully saturated rings. The highest BCUT2D eigenvalue weighted by molar-refractivity contribution is 5.79. The van der Waals surface area contributed by atoms with Gasteiger partial charge in [0.1, 0.15) is 5.82 Å². The van der Waals surface area contributed by atoms with Gasteiger partial charge in [-0.3, -0.25) is 4.79 Å². The average molecular weight is 375 g/mol. The van der Waals surface area contributed by atoms with Crippen molar-refractivity contribution in [3.63, 3.8) is 0 Å². The van der Waals surface area contributed by atoms with Crippen molar-refractivity contribution in [2.45, 2.75) is 51.0 Å². The highest BCUT2D eigenvalue weighted by Gasteiger charge is 2.33. The fourth-order valence-corrected chi connectivity index (χ4v) is 4.68. The zero-order chi connectivity index (χ0) is 18.6. The second-order valence-corrected chi connectivity index (χ2v) is 8.61. The van der Waals surface area contributed by atoms with Gasteiger partial charge in [-0.25, -0.2) is 4.98 Å². The summed E-state index contributed by atoms with van der Waals surface area (Å²) in [5.74, 6) is 3.04. The summed E-state index contributed by atoms with van der Waals surface area (Å²) in [5.41, 5.74) is 0. The minimum absolute atomic E-state index is 0.203. The van der Waals surface area contributed by atoms with Crippen LogP contribution in [-0.2, 0) is 16.1 Å². The fraction of sp³-hybridized carbons (Fsp3) is 0.810. The van der Waals surface area contributed by atoms with Crippen molar-refractivity contribution < 1.29 is 9.53 Å². The van der Waals surface area contributed by atoms with E-state index in [1.165, 1.54) is 18.7 Å². The first-order valence-electron chi connectivity index (χ1n) is 10.8. The number of piperidine rings is 2. The number of hydrogen-bond donors (Lipinski definition) is 0. The van der Waals surface area contributed by atoms with Gasteiger partial charge in [-0.05, 0) is 57.5 Å². The minimum atomic E-state index is 0.203. The smallest absolute Gasteiger partial charge is 0.225 e. The Morgan fingerprint density at radius 3 is 2.74 bits per heavy atom. The fourth-order valence-electron chi connectivity index (χ4n) is 4.68. The molecule has 1 aromatic heterocycles. The van der Waals surface area contributed by atoms with Crippen LogP contribution in [0.1, 0.15) is 50.3 Å². The van der Waals surface area contributed by atoms with Gasteiger partial charge < -0.3 is 19.1 Å². The number of aromatic nitrogens is 2. The Bertz CT molecular complexity index is 619. The molecule has 2 saturated heterocycles. The van der Waals surface area contributed by atoms with Crippen LogP contribution in [0.15, 0.2) is 12.4 Å². The van der Waals surface area contributed by atoms with Gasteiger partial charge in [-0.2, -0.15) is 0 Å². The van der Waals surface area contributed by atoms with Gasteiger partial charge in [0.05, 0.1) is 6.61 Å². The van der Waals surface area contributed by atoms with E-state index in [0.717, 1.165) is 77.5 Å². The van der Waals surface area contributed by atoms with Gasteiger partial charge in [-0.15, -0.1) is 0 Å². The Kier molecular flexibility index (Phi) is 6.13. The molecule has 6 heteroatoms. The third kappa shape index (κ3) is 4.72. The van der Waals surface area contributed by atoms with Crippen LogP contribution >= 0.6 is 0 Å². The number of methoxy groups -OCH3 is 1. The van der Waals surface area contributed by atoms with E-state index in [-0.39, 0.29) is 5.92 Å². The van der Waals surface area contributed by atoms with Gasteiger partial charge >= 0.3 is 0 Å². The van der Waals surface area contributed by atoms with Crippen molar-refractivity contribution in [2.24, 2.45) is 11.8 Å². The molecular weight excluding hydrogens is 340 g/mol. The lowest BCUT2D eigenvalue weighted by atomic mass is 9.92. The molecule has 1 aromatic rings. The highest BCUT2D eigenvalue weighted by Crippen LogP contribution is 2.33. The predicted molar refractivity (Wildman–Crippen MR) is 105 cm³/mol. The molecule has 27 heavy (non-hydrogen) atoms. The summed E-state index contributed by atoms with van der Waals surface area (Å²) in [7, 11) is 1.75. The number of likely N-dealkylation sites (tertiary alicyclic amines) is 2. The Balaban J connectivity index is 1.32. The number of amides is 1. The lowest BCUT2D eigenvalue weighted by Gasteiger charge is -2.37. The normalized spacial score (nSPS) is 25.1. The van der Waals surface area contributed by atoms with Crippen molar-refractivity contribution in [1.29, 1.82) is 0 Å². The number of carbonyl (C=O) groups excluding carboxylic acids is 1. The minimum Gasteiger partial charge on any atom is -0.383 e. The molecule has 0 bridgehead atoms. The first-order valence-corrected chi connectivity index (χ1v) is 10.8. The second kappa shape index (κ2) is 8.74. The molecule has 1 aliphatic carbocycles. The van der Waals surface area contributed by atoms with Crippen LogP contribution in [0, 0.1) is 11.8 Å². The van der Waals surface area contributed by atoms with Gasteiger partial charge in [0.15, 0.2) is 0 Å². The summed E-state index contributed by atoms with van der Waals surface area (Å²) < 4.78 is 7.53. The molecule has 0 unspecified atom stereocenters. The zero-order valence-corrected chi connectivity index (χ0v) is 16.7. The van der Waals surface area contributed by atoms with Crippen LogP contribution in [-0.4, -0.2) is 71.7 Å². The summed E-state index contributed by atoms with van der Waals surface area (Å²) in [6.45, 7) is 6.67. The molecular formula is C21H34N4O2. The van der Waals surface area contributed by atoms with Crippen LogP contribution < -0.4 is 0 Å². The van der Waals surface area contributed by atoms with E-state index in [1.54, 1.807) is 7.11 Å². The number of imidazole rings is 1. The number of hydrogen-bond acceptors (Lipinski definition) is 4. The van der Waals surface area contributed by atoms with Gasteiger partial charge in [0, 0.05) is 57.5 Å². The molecule has 1 amide bonds. The molecule has 150 valence electrons. The summed E-state index contributed by atoms with van der Waals surface area (Å²) in [6.07, 6.45) is 11.0. The lowest BCUT2D eigenvalue weighted by molar-refractivity contribution is -0.138. The SMILES string of the molecule is COCCN1CCC(C(=O)N2CCC[C@H](c3nccn3CC3CC3)C2)CC1. The number of carbonyl (C=O) groups is 1. The first-order chi connectivity index (χ1) is 13.2. The lowest BCUT2D eigenvalue weighted by Crippen LogP contribution is -2.46. The van der Waals surface area contributed by atoms with Gasteiger partial charge in [-0.1, -0.05) is 0 Å². The highest BCUT2D eigenvalue weighted by atomic mass is 16.5. The molecule has 2 aliphatic heterocycles. The molecule has 4 rings (SSSR count). The summed E-state index contributed by atoms with van der Waals surface area (Å²) in [4.78, 5) is 22.3. The summed E-state index contributed by atoms with van der Waals surface area (Å²) in [5, 5.41) is 0. The van der Waals surface area contributed by atoms with E-state index in [1.807, 2.05) is 6.20 Å². The van der Waals surface area contributed by atoms with Crippen molar-refractivity contribution in [3.8, 4) is 0 Å². The van der Waals surface area contributed by atoms with E-state index >= 15 is 0 Å². The molecule has 1 atom stereocenters. The van der Waals surface area contributed by atoms with Crippen molar-refractivity contribution in [1.82, 2.24) is 19.4 Å². The Labute approximate surface area is 162 Å². The number of ether oxygens (including phenoxy) is 1. The summed E-state index contributed by atoms with van der Waals surface area (Å²) in [6, 6.07) is 0. The molecule has 3 aliphatic rings. The summed E-state index contributed by atoms with van der Waals surface area (Å²) >= 11 is 0. The van der Waals surface area contributed by atoms with Crippen LogP contribution in [0.4, 0.5) is 0 Å². The third-order valence-electron chi connectivity index (χ3n) is 6.55. The molecule has 0 aromatic carbocycles. The van der Waals surface area contributed by atoms with Crippen LogP contribution in [0.2, 0.25) is 0 Å². The zero-order valence-electron chi connectivity index (χ0n) is 16.7. The van der Waals surface area contributed by atoms with E-state index in [2.05, 4.69) is 25.5 Å². The number of nitrogens with zero attached hydrogens (tertiary/aromatic N) is 4. The van der Waals surface area contributed by atoms with Crippen molar-refractivity contribution in [3.05, 3.63) is 18.2 Å². The second-order valence-electron chi connectivity index (χ2n) is 8.61. The van der Waals surface area contributed by atoms with Crippen LogP contribution in [0.25, 0.3) is 0 Å². The molecule has 3 heterocycles. The maximum atomic E-state index is 13.1. The predicted octanol–water partition coefficient (Wildman–Crippen LogP) is 2.36. The van der Waals surface area contributed by atoms with E-state index in [4.69, 9.17) is 4.74 Å². The molecule has 0 spiro atoms. The Morgan fingerprint density at radius 2 is 2.00 bits per heavy atom. The van der Waals surface area contributed by atoms with Crippen molar-refractivity contribution >= 4 is 5.91 Å². The monoisotopic (exact) mass is 374 g/mol. The quantitative estimate of drug-likeness (QED) is 0.735. The third-order valence-corrected chi connectivity index (χ3v) is 6.55. The van der Waals surface area contributed by atoms with Gasteiger partial charge in [0.25, 0.3) is 0 Å². The molecule has 1 saturated carbocycles. The molecule has 0 radical (unpaired) electrons. The van der Waals surface area contributed by atoms with Crippen molar-refractivity contribution in [2.75, 3.05) is 46.4 Å². The van der Waals surface area contributed by atoms with Gasteiger partial charge in [0.2, 0.25) is 5.91 Å². The standard InChI is InChI=1S/C21H34N4O2/c1-27-14-13-23-10-6-18(7-11-23)21(26)25-9-2-3-19(16-25)20-22-8-12-24(20)15-17-4-5-17/h8,12,17-19H,2-7,9-11,13-16H2,1H3/t19-/m0/s1. The van der Waals surface area contributed by atoms with Crippen LogP contribution in [0.3, 0.4) is 0 Å². The van der Waals surface area contributed by atoms with E-state index < -0.39 is 0 Å². The number of rotatable bonds is 7. The molecule has 6 nitrogen and oxygen atoms in total. The maximum absolute atomic E-state index is 13.1. The Morgan fingerprint density at radius 1 is 1.19 bits per heavy atom. The van der Waals surface area contributed by atoms with E-state index in [9.17, 15) is 4.79 Å². The topological polar surface area (TPSA) is 50.6 Å². The Hall–Kier alpha value is -1.40. The largest absolute Gasteiger partial charge is 0.383 e. The average Bonchev–Trinajstić information content (AvgIpc) is 3.41. The first kappa shape index (κ1) is 18.9. The van der Waals surface area contributed by atoms with Crippen LogP contribution in [0.5, 0.6) is 0 Å².